The van der Waals surface area contributed by atoms with Crippen molar-refractivity contribution in [3.63, 3.8) is 0 Å². The number of halogens is 3. The third kappa shape index (κ3) is 3.79. The second-order valence-corrected chi connectivity index (χ2v) is 8.44. The standard InChI is InChI=1S/C22H22F3N3O4/c1-12-16(19(31)26-14-6-4-13(23)5-7-14)15-3-2-8-28(15)17(12)18(30)20(32)27-21(11-29)9-22(24,25)10-21/h4-7,29H,2-3,8-11H2,1H3,(H,26,31)(H,27,32). The average molecular weight is 449 g/mol. The molecule has 0 spiro atoms. The lowest BCUT2D eigenvalue weighted by Gasteiger charge is -2.46. The summed E-state index contributed by atoms with van der Waals surface area (Å²) in [5.74, 6) is -6.00. The van der Waals surface area contributed by atoms with Crippen LogP contribution in [-0.2, 0) is 17.8 Å². The van der Waals surface area contributed by atoms with Gasteiger partial charge in [0.1, 0.15) is 5.82 Å². The van der Waals surface area contributed by atoms with E-state index in [0.717, 1.165) is 0 Å². The minimum Gasteiger partial charge on any atom is -0.394 e. The van der Waals surface area contributed by atoms with E-state index in [9.17, 15) is 32.7 Å². The van der Waals surface area contributed by atoms with Crippen LogP contribution in [-0.4, -0.2) is 45.3 Å². The van der Waals surface area contributed by atoms with Gasteiger partial charge in [0.2, 0.25) is 0 Å². The van der Waals surface area contributed by atoms with Crippen LogP contribution in [0, 0.1) is 12.7 Å². The maximum absolute atomic E-state index is 13.3. The maximum Gasteiger partial charge on any atom is 0.294 e. The number of aromatic nitrogens is 1. The van der Waals surface area contributed by atoms with Crippen molar-refractivity contribution in [2.24, 2.45) is 0 Å². The van der Waals surface area contributed by atoms with Crippen molar-refractivity contribution in [2.45, 2.75) is 50.6 Å². The predicted octanol–water partition coefficient (Wildman–Crippen LogP) is 2.59. The number of aliphatic hydroxyl groups excluding tert-OH is 1. The number of hydrogen-bond acceptors (Lipinski definition) is 4. The minimum absolute atomic E-state index is 0.0263. The number of Topliss-reactive ketones (excluding diaryl/α,β-unsaturated/α-hetero) is 1. The van der Waals surface area contributed by atoms with Crippen molar-refractivity contribution >= 4 is 23.3 Å². The van der Waals surface area contributed by atoms with Gasteiger partial charge >= 0.3 is 0 Å². The van der Waals surface area contributed by atoms with Crippen LogP contribution in [0.15, 0.2) is 24.3 Å². The Hall–Kier alpha value is -3.14. The van der Waals surface area contributed by atoms with Crippen LogP contribution in [0.5, 0.6) is 0 Å². The fraction of sp³-hybridized carbons (Fsp3) is 0.409. The smallest absolute Gasteiger partial charge is 0.294 e. The maximum atomic E-state index is 13.3. The number of aliphatic hydroxyl groups is 1. The quantitative estimate of drug-likeness (QED) is 0.466. The summed E-state index contributed by atoms with van der Waals surface area (Å²) in [5.41, 5.74) is 0.0262. The molecule has 10 heteroatoms. The highest BCUT2D eigenvalue weighted by molar-refractivity contribution is 6.43. The lowest BCUT2D eigenvalue weighted by molar-refractivity contribution is -0.154. The number of carbonyl (C=O) groups is 3. The van der Waals surface area contributed by atoms with Gasteiger partial charge in [-0.2, -0.15) is 0 Å². The van der Waals surface area contributed by atoms with Crippen LogP contribution in [0.25, 0.3) is 0 Å². The van der Waals surface area contributed by atoms with Gasteiger partial charge in [-0.05, 0) is 49.6 Å². The molecule has 4 rings (SSSR count). The SMILES string of the molecule is Cc1c(C(=O)Nc2ccc(F)cc2)c2n(c1C(=O)C(=O)NC1(CO)CC(F)(F)C1)CCC2. The number of rotatable bonds is 6. The van der Waals surface area contributed by atoms with Crippen molar-refractivity contribution in [2.75, 3.05) is 11.9 Å². The lowest BCUT2D eigenvalue weighted by Crippen LogP contribution is -2.65. The molecule has 1 aromatic heterocycles. The van der Waals surface area contributed by atoms with E-state index in [-0.39, 0.29) is 11.3 Å². The molecule has 1 fully saturated rings. The molecule has 1 aromatic carbocycles. The highest BCUT2D eigenvalue weighted by Gasteiger charge is 2.57. The second kappa shape index (κ2) is 7.77. The molecule has 1 aliphatic heterocycles. The number of hydrogen-bond donors (Lipinski definition) is 3. The topological polar surface area (TPSA) is 100 Å². The van der Waals surface area contributed by atoms with Gasteiger partial charge in [-0.1, -0.05) is 0 Å². The molecule has 0 saturated heterocycles. The van der Waals surface area contributed by atoms with Crippen molar-refractivity contribution in [1.29, 1.82) is 0 Å². The van der Waals surface area contributed by atoms with Gasteiger partial charge in [-0.25, -0.2) is 13.2 Å². The van der Waals surface area contributed by atoms with Crippen LogP contribution in [0.1, 0.15) is 51.4 Å². The number of alkyl halides is 2. The summed E-state index contributed by atoms with van der Waals surface area (Å²) >= 11 is 0. The number of amides is 2. The summed E-state index contributed by atoms with van der Waals surface area (Å²) in [7, 11) is 0. The zero-order valence-electron chi connectivity index (χ0n) is 17.3. The van der Waals surface area contributed by atoms with Crippen LogP contribution in [0.2, 0.25) is 0 Å². The Balaban J connectivity index is 1.60. The van der Waals surface area contributed by atoms with Crippen LogP contribution >= 0.6 is 0 Å². The number of anilines is 1. The Kier molecular flexibility index (Phi) is 5.36. The van der Waals surface area contributed by atoms with Gasteiger partial charge in [-0.3, -0.25) is 14.4 Å². The fourth-order valence-electron chi connectivity index (χ4n) is 4.62. The molecule has 2 heterocycles. The van der Waals surface area contributed by atoms with E-state index in [4.69, 9.17) is 0 Å². The molecule has 0 radical (unpaired) electrons. The predicted molar refractivity (Wildman–Crippen MR) is 108 cm³/mol. The minimum atomic E-state index is -3.00. The van der Waals surface area contributed by atoms with Crippen LogP contribution < -0.4 is 10.6 Å². The zero-order valence-corrected chi connectivity index (χ0v) is 17.3. The Bertz CT molecular complexity index is 1100. The molecule has 0 unspecified atom stereocenters. The first-order valence-electron chi connectivity index (χ1n) is 10.2. The molecule has 1 aliphatic carbocycles. The molecule has 1 saturated carbocycles. The van der Waals surface area contributed by atoms with Crippen molar-refractivity contribution in [1.82, 2.24) is 9.88 Å². The molecule has 0 bridgehead atoms. The molecule has 170 valence electrons. The van der Waals surface area contributed by atoms with E-state index in [2.05, 4.69) is 10.6 Å². The number of nitrogens with zero attached hydrogens (tertiary/aromatic N) is 1. The third-order valence-corrected chi connectivity index (χ3v) is 6.04. The summed E-state index contributed by atoms with van der Waals surface area (Å²) in [6.07, 6.45) is -0.298. The highest BCUT2D eigenvalue weighted by atomic mass is 19.3. The lowest BCUT2D eigenvalue weighted by atomic mass is 9.74. The van der Waals surface area contributed by atoms with E-state index in [1.807, 2.05) is 0 Å². The van der Waals surface area contributed by atoms with Crippen LogP contribution in [0.4, 0.5) is 18.9 Å². The number of fused-ring (bicyclic) bond motifs is 1. The second-order valence-electron chi connectivity index (χ2n) is 8.44. The van der Waals surface area contributed by atoms with E-state index < -0.39 is 54.3 Å². The Morgan fingerprint density at radius 1 is 1.16 bits per heavy atom. The van der Waals surface area contributed by atoms with Gasteiger partial charge in [0.05, 0.1) is 23.4 Å². The van der Waals surface area contributed by atoms with Gasteiger partial charge in [0.15, 0.2) is 0 Å². The summed E-state index contributed by atoms with van der Waals surface area (Å²) in [5, 5.41) is 14.4. The number of benzene rings is 1. The van der Waals surface area contributed by atoms with Crippen molar-refractivity contribution < 1.29 is 32.7 Å². The first-order chi connectivity index (χ1) is 15.1. The van der Waals surface area contributed by atoms with Gasteiger partial charge < -0.3 is 20.3 Å². The molecular weight excluding hydrogens is 427 g/mol. The number of nitrogens with one attached hydrogen (secondary N) is 2. The van der Waals surface area contributed by atoms with Crippen molar-refractivity contribution in [3.05, 3.63) is 52.6 Å². The molecule has 2 aromatic rings. The number of carbonyl (C=O) groups excluding carboxylic acids is 3. The molecule has 2 aliphatic rings. The highest BCUT2D eigenvalue weighted by Crippen LogP contribution is 2.45. The monoisotopic (exact) mass is 449 g/mol. The Labute approximate surface area is 181 Å². The summed E-state index contributed by atoms with van der Waals surface area (Å²) in [6, 6.07) is 5.21. The third-order valence-electron chi connectivity index (χ3n) is 6.04. The summed E-state index contributed by atoms with van der Waals surface area (Å²) in [4.78, 5) is 38.5. The molecule has 2 amide bonds. The molecule has 7 nitrogen and oxygen atoms in total. The molecular formula is C22H22F3N3O4. The van der Waals surface area contributed by atoms with E-state index in [0.29, 0.717) is 36.3 Å². The Morgan fingerprint density at radius 2 is 1.81 bits per heavy atom. The normalized spacial score (nSPS) is 17.9. The largest absolute Gasteiger partial charge is 0.394 e. The van der Waals surface area contributed by atoms with Gasteiger partial charge in [0.25, 0.3) is 23.5 Å². The van der Waals surface area contributed by atoms with E-state index >= 15 is 0 Å². The van der Waals surface area contributed by atoms with E-state index in [1.165, 1.54) is 24.3 Å². The molecule has 3 N–H and O–H groups in total. The summed E-state index contributed by atoms with van der Waals surface area (Å²) in [6.45, 7) is 1.26. The van der Waals surface area contributed by atoms with Crippen molar-refractivity contribution in [3.8, 4) is 0 Å². The van der Waals surface area contributed by atoms with Crippen LogP contribution in [0.3, 0.4) is 0 Å². The van der Waals surface area contributed by atoms with Gasteiger partial charge in [0, 0.05) is 30.8 Å². The fourth-order valence-corrected chi connectivity index (χ4v) is 4.62. The van der Waals surface area contributed by atoms with E-state index in [1.54, 1.807) is 11.5 Å². The van der Waals surface area contributed by atoms with Gasteiger partial charge in [-0.15, -0.1) is 0 Å². The summed E-state index contributed by atoms with van der Waals surface area (Å²) < 4.78 is 41.4. The zero-order chi connectivity index (χ0) is 23.3. The Morgan fingerprint density at radius 3 is 2.41 bits per heavy atom. The first kappa shape index (κ1) is 22.1. The first-order valence-corrected chi connectivity index (χ1v) is 10.2. The molecule has 32 heavy (non-hydrogen) atoms. The average Bonchev–Trinajstić information content (AvgIpc) is 3.26. The number of ketones is 1. The molecule has 0 atom stereocenters.